The summed E-state index contributed by atoms with van der Waals surface area (Å²) in [5.41, 5.74) is 7.17. The van der Waals surface area contributed by atoms with Gasteiger partial charge in [-0.15, -0.1) is 0 Å². The van der Waals surface area contributed by atoms with Gasteiger partial charge in [-0.25, -0.2) is 4.98 Å². The second-order valence-corrected chi connectivity index (χ2v) is 4.69. The Bertz CT molecular complexity index is 466. The summed E-state index contributed by atoms with van der Waals surface area (Å²) in [5.74, 6) is 0.756. The topological polar surface area (TPSA) is 84.5 Å². The Labute approximate surface area is 113 Å². The summed E-state index contributed by atoms with van der Waals surface area (Å²) in [7, 11) is 3.35. The van der Waals surface area contributed by atoms with Crippen LogP contribution in [0.1, 0.15) is 11.3 Å². The van der Waals surface area contributed by atoms with Gasteiger partial charge in [-0.05, 0) is 19.1 Å². The molecule has 0 radical (unpaired) electrons. The van der Waals surface area contributed by atoms with Gasteiger partial charge >= 0.3 is 0 Å². The van der Waals surface area contributed by atoms with E-state index in [1.807, 2.05) is 19.1 Å². The number of ether oxygens (including phenoxy) is 2. The molecule has 104 valence electrons. The average Bonchev–Trinajstić information content (AvgIpc) is 2.81. The predicted octanol–water partition coefficient (Wildman–Crippen LogP) is 0.524. The standard InChI is InChI=1S/C13H20N4O2/c1-8-4-5-9(12(14)15)13(16-8)17-6-10(18-2)11(7-17)19-3/h4-5,10-11H,6-7H2,1-3H3,(H3,14,15). The molecule has 0 saturated carbocycles. The van der Waals surface area contributed by atoms with Crippen LogP contribution in [0.5, 0.6) is 0 Å². The highest BCUT2D eigenvalue weighted by Crippen LogP contribution is 2.25. The molecular weight excluding hydrogens is 244 g/mol. The third kappa shape index (κ3) is 2.69. The highest BCUT2D eigenvalue weighted by molar-refractivity contribution is 5.99. The van der Waals surface area contributed by atoms with Crippen molar-refractivity contribution in [3.05, 3.63) is 23.4 Å². The maximum Gasteiger partial charge on any atom is 0.140 e. The van der Waals surface area contributed by atoms with Crippen molar-refractivity contribution in [1.29, 1.82) is 5.41 Å². The van der Waals surface area contributed by atoms with E-state index >= 15 is 0 Å². The molecule has 0 amide bonds. The number of nitrogens with zero attached hydrogens (tertiary/aromatic N) is 2. The second-order valence-electron chi connectivity index (χ2n) is 4.69. The average molecular weight is 264 g/mol. The first kappa shape index (κ1) is 13.8. The maximum absolute atomic E-state index is 7.65. The van der Waals surface area contributed by atoms with Crippen LogP contribution in [-0.4, -0.2) is 50.3 Å². The van der Waals surface area contributed by atoms with E-state index in [2.05, 4.69) is 9.88 Å². The van der Waals surface area contributed by atoms with Gasteiger partial charge in [-0.1, -0.05) is 0 Å². The van der Waals surface area contributed by atoms with Crippen LogP contribution in [-0.2, 0) is 9.47 Å². The van der Waals surface area contributed by atoms with Crippen molar-refractivity contribution in [2.45, 2.75) is 19.1 Å². The number of nitrogens with two attached hydrogens (primary N) is 1. The van der Waals surface area contributed by atoms with Crippen molar-refractivity contribution < 1.29 is 9.47 Å². The number of amidine groups is 1. The zero-order chi connectivity index (χ0) is 14.0. The summed E-state index contributed by atoms with van der Waals surface area (Å²) >= 11 is 0. The monoisotopic (exact) mass is 264 g/mol. The molecule has 2 heterocycles. The van der Waals surface area contributed by atoms with Gasteiger partial charge in [-0.3, -0.25) is 5.41 Å². The lowest BCUT2D eigenvalue weighted by molar-refractivity contribution is -0.00461. The van der Waals surface area contributed by atoms with Crippen molar-refractivity contribution in [3.63, 3.8) is 0 Å². The number of rotatable bonds is 4. The third-order valence-electron chi connectivity index (χ3n) is 3.42. The fraction of sp³-hybridized carbons (Fsp3) is 0.538. The van der Waals surface area contributed by atoms with E-state index in [0.717, 1.165) is 11.5 Å². The van der Waals surface area contributed by atoms with Gasteiger partial charge in [0.05, 0.1) is 5.56 Å². The number of hydrogen-bond acceptors (Lipinski definition) is 5. The molecule has 3 N–H and O–H groups in total. The van der Waals surface area contributed by atoms with Gasteiger partial charge in [0.25, 0.3) is 0 Å². The molecule has 1 aromatic heterocycles. The lowest BCUT2D eigenvalue weighted by atomic mass is 10.2. The zero-order valence-corrected chi connectivity index (χ0v) is 11.5. The first-order valence-corrected chi connectivity index (χ1v) is 6.19. The minimum absolute atomic E-state index is 0.00659. The van der Waals surface area contributed by atoms with Crippen LogP contribution in [0.4, 0.5) is 5.82 Å². The summed E-state index contributed by atoms with van der Waals surface area (Å²) in [6.45, 7) is 3.29. The molecule has 19 heavy (non-hydrogen) atoms. The van der Waals surface area contributed by atoms with Crippen molar-refractivity contribution in [1.82, 2.24) is 4.98 Å². The predicted molar refractivity (Wildman–Crippen MR) is 73.8 cm³/mol. The first-order chi connectivity index (χ1) is 9.06. The molecule has 6 nitrogen and oxygen atoms in total. The van der Waals surface area contributed by atoms with Crippen LogP contribution >= 0.6 is 0 Å². The van der Waals surface area contributed by atoms with Gasteiger partial charge < -0.3 is 20.1 Å². The Morgan fingerprint density at radius 2 is 1.89 bits per heavy atom. The number of pyridine rings is 1. The largest absolute Gasteiger partial charge is 0.384 e. The molecule has 2 rings (SSSR count). The first-order valence-electron chi connectivity index (χ1n) is 6.19. The van der Waals surface area contributed by atoms with Gasteiger partial charge in [0.1, 0.15) is 23.9 Å². The molecular formula is C13H20N4O2. The molecule has 0 spiro atoms. The zero-order valence-electron chi connectivity index (χ0n) is 11.5. The van der Waals surface area contributed by atoms with Crippen LogP contribution < -0.4 is 10.6 Å². The van der Waals surface area contributed by atoms with Crippen LogP contribution in [0.15, 0.2) is 12.1 Å². The molecule has 1 aliphatic rings. The minimum Gasteiger partial charge on any atom is -0.384 e. The minimum atomic E-state index is 0.00659. The number of aromatic nitrogens is 1. The summed E-state index contributed by atoms with van der Waals surface area (Å²) in [5, 5.41) is 7.65. The maximum atomic E-state index is 7.65. The SMILES string of the molecule is COC1CN(c2nc(C)ccc2C(=N)N)CC1OC. The quantitative estimate of drug-likeness (QED) is 0.612. The number of aryl methyl sites for hydroxylation is 1. The Morgan fingerprint density at radius 3 is 2.37 bits per heavy atom. The Morgan fingerprint density at radius 1 is 1.32 bits per heavy atom. The van der Waals surface area contributed by atoms with Crippen molar-refractivity contribution >= 4 is 11.7 Å². The van der Waals surface area contributed by atoms with E-state index in [9.17, 15) is 0 Å². The second kappa shape index (κ2) is 5.54. The van der Waals surface area contributed by atoms with Gasteiger partial charge in [0.2, 0.25) is 0 Å². The van der Waals surface area contributed by atoms with Crippen LogP contribution in [0.25, 0.3) is 0 Å². The van der Waals surface area contributed by atoms with E-state index in [0.29, 0.717) is 18.7 Å². The van der Waals surface area contributed by atoms with E-state index < -0.39 is 0 Å². The fourth-order valence-corrected chi connectivity index (χ4v) is 2.36. The molecule has 2 unspecified atom stereocenters. The highest BCUT2D eigenvalue weighted by Gasteiger charge is 2.34. The summed E-state index contributed by atoms with van der Waals surface area (Å²) < 4.78 is 10.8. The van der Waals surface area contributed by atoms with Crippen LogP contribution in [0.3, 0.4) is 0 Å². The summed E-state index contributed by atoms with van der Waals surface area (Å²) in [6.07, 6.45) is 0.0132. The molecule has 1 aliphatic heterocycles. The van der Waals surface area contributed by atoms with E-state index in [4.69, 9.17) is 20.6 Å². The number of anilines is 1. The molecule has 1 aromatic rings. The van der Waals surface area contributed by atoms with Crippen molar-refractivity contribution in [2.24, 2.45) is 5.73 Å². The Kier molecular flexibility index (Phi) is 4.01. The normalized spacial score (nSPS) is 22.8. The number of hydrogen-bond donors (Lipinski definition) is 2. The number of methoxy groups -OCH3 is 2. The molecule has 2 atom stereocenters. The Balaban J connectivity index is 2.32. The smallest absolute Gasteiger partial charge is 0.140 e. The van der Waals surface area contributed by atoms with Crippen molar-refractivity contribution in [2.75, 3.05) is 32.2 Å². The van der Waals surface area contributed by atoms with Gasteiger partial charge in [0, 0.05) is 33.0 Å². The Hall–Kier alpha value is -1.66. The molecule has 1 saturated heterocycles. The molecule has 1 fully saturated rings. The van der Waals surface area contributed by atoms with E-state index in [1.165, 1.54) is 0 Å². The molecule has 0 bridgehead atoms. The molecule has 0 aromatic carbocycles. The number of nitrogen functional groups attached to an aromatic ring is 1. The summed E-state index contributed by atoms with van der Waals surface area (Å²) in [4.78, 5) is 6.57. The number of nitrogens with one attached hydrogen (secondary N) is 1. The third-order valence-corrected chi connectivity index (χ3v) is 3.42. The fourth-order valence-electron chi connectivity index (χ4n) is 2.36. The molecule has 0 aliphatic carbocycles. The van der Waals surface area contributed by atoms with Crippen LogP contribution in [0.2, 0.25) is 0 Å². The van der Waals surface area contributed by atoms with Gasteiger partial charge in [0.15, 0.2) is 0 Å². The summed E-state index contributed by atoms with van der Waals surface area (Å²) in [6, 6.07) is 3.69. The molecule has 6 heteroatoms. The van der Waals surface area contributed by atoms with Gasteiger partial charge in [-0.2, -0.15) is 0 Å². The van der Waals surface area contributed by atoms with Crippen LogP contribution in [0, 0.1) is 12.3 Å². The lowest BCUT2D eigenvalue weighted by Gasteiger charge is -2.20. The lowest BCUT2D eigenvalue weighted by Crippen LogP contribution is -2.27. The van der Waals surface area contributed by atoms with E-state index in [-0.39, 0.29) is 18.0 Å². The van der Waals surface area contributed by atoms with E-state index in [1.54, 1.807) is 14.2 Å². The van der Waals surface area contributed by atoms with Crippen molar-refractivity contribution in [3.8, 4) is 0 Å². The highest BCUT2D eigenvalue weighted by atomic mass is 16.5.